The van der Waals surface area contributed by atoms with Crippen molar-refractivity contribution in [3.05, 3.63) is 161 Å². The van der Waals surface area contributed by atoms with Gasteiger partial charge in [0.25, 0.3) is 20.3 Å². The molecule has 0 fully saturated rings. The maximum absolute atomic E-state index is 13.3. The van der Waals surface area contributed by atoms with Gasteiger partial charge in [-0.25, -0.2) is 9.65 Å². The molecule has 376 valence electrons. The van der Waals surface area contributed by atoms with E-state index in [1.165, 1.54) is 4.90 Å². The molecule has 0 saturated carbocycles. The van der Waals surface area contributed by atoms with E-state index in [9.17, 15) is 9.59 Å². The lowest BCUT2D eigenvalue weighted by molar-refractivity contribution is -0.0350. The van der Waals surface area contributed by atoms with Gasteiger partial charge in [0.15, 0.2) is 0 Å². The Labute approximate surface area is 425 Å². The summed E-state index contributed by atoms with van der Waals surface area (Å²) in [7, 11) is 5.80. The van der Waals surface area contributed by atoms with Crippen molar-refractivity contribution in [3.63, 3.8) is 0 Å². The Morgan fingerprint density at radius 2 is 1.32 bits per heavy atom. The molecule has 14 heteroatoms. The van der Waals surface area contributed by atoms with E-state index in [0.29, 0.717) is 42.7 Å². The molecule has 72 heavy (non-hydrogen) atoms. The number of hydrogen-bond donors (Lipinski definition) is 1. The van der Waals surface area contributed by atoms with Crippen molar-refractivity contribution in [2.45, 2.75) is 84.2 Å². The molecule has 1 aromatic heterocycles. The molecule has 8 rings (SSSR count). The third-order valence-electron chi connectivity index (χ3n) is 13.0. The first-order valence-electron chi connectivity index (χ1n) is 24.5. The number of nitrogens with zero attached hydrogens (tertiary/aromatic N) is 5. The number of aromatic nitrogens is 2. The third-order valence-corrected chi connectivity index (χ3v) is 15.1. The highest BCUT2D eigenvalue weighted by Gasteiger charge is 2.40. The Hall–Kier alpha value is -6.49. The van der Waals surface area contributed by atoms with Gasteiger partial charge < -0.3 is 33.1 Å². The van der Waals surface area contributed by atoms with E-state index in [4.69, 9.17) is 33.5 Å². The predicted octanol–water partition coefficient (Wildman–Crippen LogP) is 12.0. The van der Waals surface area contributed by atoms with Crippen molar-refractivity contribution in [1.29, 1.82) is 5.26 Å². The number of ether oxygens (including phenoxy) is 3. The van der Waals surface area contributed by atoms with Crippen molar-refractivity contribution in [3.8, 4) is 29.0 Å². The summed E-state index contributed by atoms with van der Waals surface area (Å²) in [5.41, 5.74) is 5.62. The molecule has 2 heterocycles. The van der Waals surface area contributed by atoms with E-state index in [0.717, 1.165) is 62.4 Å². The minimum atomic E-state index is -1.41. The van der Waals surface area contributed by atoms with Crippen LogP contribution >= 0.6 is 8.53 Å². The van der Waals surface area contributed by atoms with Gasteiger partial charge in [-0.15, -0.1) is 0 Å². The molecule has 2 unspecified atom stereocenters. The number of carbonyl (C=O) groups is 2. The van der Waals surface area contributed by atoms with E-state index in [1.807, 2.05) is 117 Å². The number of carbonyl (C=O) groups excluding carboxylic acids is 2. The fourth-order valence-electron chi connectivity index (χ4n) is 8.95. The van der Waals surface area contributed by atoms with Gasteiger partial charge in [-0.05, 0) is 108 Å². The number of likely N-dealkylation sites (N-methyl/N-ethyl adjacent to an activating group) is 1. The largest absolute Gasteiger partial charge is 0.497 e. The number of imide groups is 1. The highest BCUT2D eigenvalue weighted by atomic mass is 31.2. The molecule has 2 amide bonds. The smallest absolute Gasteiger partial charge is 0.261 e. The number of fused-ring (bicyclic) bond motifs is 2. The maximum atomic E-state index is 13.3. The topological polar surface area (TPSA) is 142 Å². The van der Waals surface area contributed by atoms with Crippen LogP contribution in [-0.4, -0.2) is 109 Å². The molecule has 1 aliphatic rings. The number of aromatic amines is 1. The van der Waals surface area contributed by atoms with Gasteiger partial charge in [-0.3, -0.25) is 14.5 Å². The van der Waals surface area contributed by atoms with E-state index in [-0.39, 0.29) is 36.0 Å². The zero-order valence-corrected chi connectivity index (χ0v) is 44.0. The van der Waals surface area contributed by atoms with Crippen LogP contribution in [-0.2, 0) is 19.4 Å². The van der Waals surface area contributed by atoms with Crippen molar-refractivity contribution in [1.82, 2.24) is 24.4 Å². The number of hydrogen-bond acceptors (Lipinski definition) is 11. The zero-order chi connectivity index (χ0) is 51.5. The number of benzene rings is 6. The summed E-state index contributed by atoms with van der Waals surface area (Å²) < 4.78 is 33.2. The van der Waals surface area contributed by atoms with Crippen molar-refractivity contribution < 1.29 is 32.8 Å². The molecule has 6 aromatic carbocycles. The standard InChI is InChI=1S/C34H45N2O5P.C24H22N4O2/c1-8-31(41-42(40-24-12-23-35)36(26(2)3)27(4)5)25-39-34(28-13-10-9-11-14-28,29-15-19-32(37-6)20-16-29)30-17-21-33(38-7)22-18-30;1-14(27(2)3)13-28-23(29)17-11-7-10-16-20(17)18(24(28)30)12-19-21(16)26-22(25-19)15-8-5-4-6-9-15/h9-11,13-22,26-27,31H,8,12,24-25H2,1-7H3;4-12,14H,13H2,1-3H3,(H,25,26)/t;14-/m.0/s1. The fourth-order valence-corrected chi connectivity index (χ4v) is 10.7. The SMILES string of the molecule is CCC(COC(c1ccccc1)(c1ccc(OC)cc1)c1ccc(OC)cc1)OP(OCCC#N)N(C(C)C)C(C)C.C[C@@H](CN1C(=O)c2cccc3c2c(cc2[nH]c(-c4ccccc4)nc23)C1=O)N(C)C. The average Bonchev–Trinajstić information content (AvgIpc) is 3.84. The van der Waals surface area contributed by atoms with Crippen LogP contribution in [0.5, 0.6) is 11.5 Å². The maximum Gasteiger partial charge on any atom is 0.261 e. The summed E-state index contributed by atoms with van der Waals surface area (Å²) in [6.07, 6.45) is 0.782. The molecule has 3 atom stereocenters. The first-order valence-corrected chi connectivity index (χ1v) is 25.7. The van der Waals surface area contributed by atoms with Gasteiger partial charge in [0.05, 0.1) is 62.6 Å². The molecular weight excluding hydrogens is 924 g/mol. The highest BCUT2D eigenvalue weighted by Crippen LogP contribution is 2.49. The lowest BCUT2D eigenvalue weighted by Crippen LogP contribution is -2.47. The van der Waals surface area contributed by atoms with Gasteiger partial charge >= 0.3 is 0 Å². The number of imidazole rings is 1. The average molecular weight is 991 g/mol. The van der Waals surface area contributed by atoms with E-state index < -0.39 is 14.1 Å². The molecule has 13 nitrogen and oxygen atoms in total. The number of nitrogens with one attached hydrogen (secondary N) is 1. The summed E-state index contributed by atoms with van der Waals surface area (Å²) in [6, 6.07) is 46.2. The minimum absolute atomic E-state index is 0.0548. The van der Waals surface area contributed by atoms with E-state index in [2.05, 4.69) is 86.7 Å². The molecular formula is C58H67N6O7P. The lowest BCUT2D eigenvalue weighted by Gasteiger charge is -2.39. The second-order valence-corrected chi connectivity index (χ2v) is 19.9. The number of amides is 2. The Balaban J connectivity index is 0.000000222. The second kappa shape index (κ2) is 24.3. The number of H-pyrrole nitrogens is 1. The van der Waals surface area contributed by atoms with Crippen molar-refractivity contribution >= 4 is 42.1 Å². The summed E-state index contributed by atoms with van der Waals surface area (Å²) >= 11 is 0. The first-order chi connectivity index (χ1) is 34.8. The summed E-state index contributed by atoms with van der Waals surface area (Å²) in [6.45, 7) is 13.6. The molecule has 0 saturated heterocycles. The molecule has 0 aliphatic carbocycles. The number of nitriles is 1. The van der Waals surface area contributed by atoms with Crippen LogP contribution in [0.4, 0.5) is 0 Å². The van der Waals surface area contributed by atoms with Crippen LogP contribution in [0.1, 0.15) is 91.8 Å². The Morgan fingerprint density at radius 1 is 0.750 bits per heavy atom. The normalized spacial score (nSPS) is 13.9. The van der Waals surface area contributed by atoms with Crippen molar-refractivity contribution in [2.75, 3.05) is 48.1 Å². The molecule has 0 radical (unpaired) electrons. The summed E-state index contributed by atoms with van der Waals surface area (Å²) in [4.78, 5) is 38.0. The molecule has 0 spiro atoms. The van der Waals surface area contributed by atoms with Crippen LogP contribution < -0.4 is 9.47 Å². The number of rotatable bonds is 21. The summed E-state index contributed by atoms with van der Waals surface area (Å²) in [5, 5.41) is 10.6. The highest BCUT2D eigenvalue weighted by molar-refractivity contribution is 7.44. The van der Waals surface area contributed by atoms with Gasteiger partial charge in [0.1, 0.15) is 22.9 Å². The monoisotopic (exact) mass is 990 g/mol. The van der Waals surface area contributed by atoms with Gasteiger partial charge in [0, 0.05) is 46.6 Å². The Kier molecular flexibility index (Phi) is 18.0. The van der Waals surface area contributed by atoms with E-state index in [1.54, 1.807) is 20.3 Å². The van der Waals surface area contributed by atoms with Crippen molar-refractivity contribution in [2.24, 2.45) is 0 Å². The van der Waals surface area contributed by atoms with Crippen LogP contribution in [0, 0.1) is 11.3 Å². The molecule has 1 aliphatic heterocycles. The zero-order valence-electron chi connectivity index (χ0n) is 43.1. The quantitative estimate of drug-likeness (QED) is 0.0318. The fraction of sp³-hybridized carbons (Fsp3) is 0.345. The predicted molar refractivity (Wildman–Crippen MR) is 286 cm³/mol. The third kappa shape index (κ3) is 11.6. The van der Waals surface area contributed by atoms with Crippen LogP contribution in [0.2, 0.25) is 0 Å². The molecule has 0 bridgehead atoms. The lowest BCUT2D eigenvalue weighted by atomic mass is 9.80. The van der Waals surface area contributed by atoms with E-state index >= 15 is 0 Å². The molecule has 1 N–H and O–H groups in total. The minimum Gasteiger partial charge on any atom is -0.497 e. The number of methoxy groups -OCH3 is 2. The summed E-state index contributed by atoms with van der Waals surface area (Å²) in [5.74, 6) is 1.78. The van der Waals surface area contributed by atoms with Gasteiger partial charge in [0.2, 0.25) is 0 Å². The van der Waals surface area contributed by atoms with Gasteiger partial charge in [-0.2, -0.15) is 5.26 Å². The van der Waals surface area contributed by atoms with Crippen LogP contribution in [0.3, 0.4) is 0 Å². The first kappa shape index (κ1) is 53.3. The molecule has 7 aromatic rings. The Morgan fingerprint density at radius 3 is 1.86 bits per heavy atom. The Bertz CT molecular complexity index is 2890. The van der Waals surface area contributed by atoms with Crippen LogP contribution in [0.15, 0.2) is 133 Å². The van der Waals surface area contributed by atoms with Crippen LogP contribution in [0.25, 0.3) is 33.2 Å². The van der Waals surface area contributed by atoms with Gasteiger partial charge in [-0.1, -0.05) is 104 Å². The second-order valence-electron chi connectivity index (χ2n) is 18.5.